The Morgan fingerprint density at radius 1 is 1.24 bits per heavy atom. The van der Waals surface area contributed by atoms with Gasteiger partial charge in [0.15, 0.2) is 5.76 Å². The van der Waals surface area contributed by atoms with Crippen LogP contribution in [0.25, 0.3) is 0 Å². The average molecular weight is 399 g/mol. The highest BCUT2D eigenvalue weighted by molar-refractivity contribution is 5.74. The second-order valence-electron chi connectivity index (χ2n) is 7.88. The van der Waals surface area contributed by atoms with Crippen LogP contribution in [0.5, 0.6) is 5.88 Å². The molecule has 0 radical (unpaired) electrons. The van der Waals surface area contributed by atoms with E-state index in [2.05, 4.69) is 20.4 Å². The Bertz CT molecular complexity index is 810. The van der Waals surface area contributed by atoms with Crippen LogP contribution < -0.4 is 10.1 Å². The van der Waals surface area contributed by atoms with Crippen molar-refractivity contribution in [2.24, 2.45) is 0 Å². The van der Waals surface area contributed by atoms with Crippen molar-refractivity contribution in [1.82, 2.24) is 25.3 Å². The smallest absolute Gasteiger partial charge is 0.317 e. The highest BCUT2D eigenvalue weighted by Crippen LogP contribution is 2.23. The number of nitrogens with zero attached hydrogens (tertiary/aromatic N) is 4. The van der Waals surface area contributed by atoms with Crippen molar-refractivity contribution in [3.63, 3.8) is 0 Å². The van der Waals surface area contributed by atoms with Crippen molar-refractivity contribution >= 4 is 6.03 Å². The zero-order chi connectivity index (χ0) is 20.1. The molecule has 2 amide bonds. The van der Waals surface area contributed by atoms with Gasteiger partial charge in [-0.3, -0.25) is 4.90 Å². The maximum absolute atomic E-state index is 12.5. The largest absolute Gasteiger partial charge is 0.474 e. The van der Waals surface area contributed by atoms with Gasteiger partial charge in [-0.15, -0.1) is 0 Å². The summed E-state index contributed by atoms with van der Waals surface area (Å²) in [6.07, 6.45) is 6.69. The quantitative estimate of drug-likeness (QED) is 0.804. The van der Waals surface area contributed by atoms with Crippen LogP contribution in [0, 0.1) is 6.92 Å². The molecule has 8 heteroatoms. The molecule has 1 saturated heterocycles. The van der Waals surface area contributed by atoms with E-state index >= 15 is 0 Å². The topological polar surface area (TPSA) is 83.7 Å². The van der Waals surface area contributed by atoms with Crippen molar-refractivity contribution in [3.8, 4) is 5.88 Å². The molecule has 2 fully saturated rings. The average Bonchev–Trinajstić information content (AvgIpc) is 3.39. The van der Waals surface area contributed by atoms with Crippen LogP contribution in [0.1, 0.15) is 42.7 Å². The van der Waals surface area contributed by atoms with E-state index in [0.29, 0.717) is 25.5 Å². The lowest BCUT2D eigenvalue weighted by atomic mass is 10.2. The molecule has 2 aromatic rings. The molecule has 1 saturated carbocycles. The minimum atomic E-state index is -0.0322. The summed E-state index contributed by atoms with van der Waals surface area (Å²) in [4.78, 5) is 21.0. The second kappa shape index (κ2) is 9.26. The molecule has 2 aliphatic rings. The van der Waals surface area contributed by atoms with Gasteiger partial charge >= 0.3 is 6.03 Å². The predicted molar refractivity (Wildman–Crippen MR) is 107 cm³/mol. The van der Waals surface area contributed by atoms with Gasteiger partial charge in [0.1, 0.15) is 6.10 Å². The number of carbonyl (C=O) groups is 1. The molecule has 1 N–H and O–H groups in total. The Morgan fingerprint density at radius 2 is 2.03 bits per heavy atom. The fraction of sp³-hybridized carbons (Fsp3) is 0.571. The van der Waals surface area contributed by atoms with Crippen molar-refractivity contribution in [1.29, 1.82) is 0 Å². The Labute approximate surface area is 171 Å². The van der Waals surface area contributed by atoms with E-state index < -0.39 is 0 Å². The Morgan fingerprint density at radius 3 is 2.76 bits per heavy atom. The molecule has 0 aromatic carbocycles. The van der Waals surface area contributed by atoms with Gasteiger partial charge in [-0.1, -0.05) is 5.16 Å². The maximum atomic E-state index is 12.5. The lowest BCUT2D eigenvalue weighted by molar-refractivity contribution is 0.127. The van der Waals surface area contributed by atoms with Gasteiger partial charge in [0.2, 0.25) is 5.88 Å². The number of aromatic nitrogens is 2. The van der Waals surface area contributed by atoms with E-state index in [-0.39, 0.29) is 12.1 Å². The third-order valence-corrected chi connectivity index (χ3v) is 5.55. The summed E-state index contributed by atoms with van der Waals surface area (Å²) >= 11 is 0. The molecule has 0 spiro atoms. The molecule has 4 rings (SSSR count). The zero-order valence-corrected chi connectivity index (χ0v) is 17.0. The number of piperazine rings is 1. The van der Waals surface area contributed by atoms with Crippen molar-refractivity contribution in [3.05, 3.63) is 41.4 Å². The summed E-state index contributed by atoms with van der Waals surface area (Å²) in [6.45, 7) is 6.17. The van der Waals surface area contributed by atoms with Crippen molar-refractivity contribution < 1.29 is 14.1 Å². The fourth-order valence-corrected chi connectivity index (χ4v) is 3.91. The van der Waals surface area contributed by atoms with E-state index in [1.165, 1.54) is 12.8 Å². The molecular formula is C21H29N5O3. The summed E-state index contributed by atoms with van der Waals surface area (Å²) in [6, 6.07) is 5.77. The Hall–Kier alpha value is -2.61. The van der Waals surface area contributed by atoms with E-state index in [4.69, 9.17) is 9.26 Å². The lowest BCUT2D eigenvalue weighted by Crippen LogP contribution is -2.51. The van der Waals surface area contributed by atoms with E-state index in [1.54, 1.807) is 6.20 Å². The number of aryl methyl sites for hydroxylation is 1. The fourth-order valence-electron chi connectivity index (χ4n) is 3.91. The number of urea groups is 1. The van der Waals surface area contributed by atoms with Gasteiger partial charge in [-0.05, 0) is 44.2 Å². The molecule has 8 nitrogen and oxygen atoms in total. The Kier molecular flexibility index (Phi) is 6.29. The SMILES string of the molecule is Cc1cc(CN2CCN(C(=O)NCc3ccnc(OC4CCCC4)c3)CC2)on1. The van der Waals surface area contributed by atoms with E-state index in [9.17, 15) is 4.79 Å². The summed E-state index contributed by atoms with van der Waals surface area (Å²) in [5, 5.41) is 6.94. The van der Waals surface area contributed by atoms with Gasteiger partial charge < -0.3 is 19.5 Å². The second-order valence-corrected chi connectivity index (χ2v) is 7.88. The molecule has 0 atom stereocenters. The van der Waals surface area contributed by atoms with Gasteiger partial charge in [0.25, 0.3) is 0 Å². The summed E-state index contributed by atoms with van der Waals surface area (Å²) in [5.74, 6) is 1.52. The summed E-state index contributed by atoms with van der Waals surface area (Å²) in [5.41, 5.74) is 1.89. The number of nitrogens with one attached hydrogen (secondary N) is 1. The maximum Gasteiger partial charge on any atom is 0.317 e. The van der Waals surface area contributed by atoms with Crippen LogP contribution in [-0.4, -0.2) is 58.3 Å². The minimum absolute atomic E-state index is 0.0322. The normalized spacial score (nSPS) is 18.2. The van der Waals surface area contributed by atoms with E-state index in [0.717, 1.165) is 49.5 Å². The molecule has 2 aromatic heterocycles. The number of pyridine rings is 1. The predicted octanol–water partition coefficient (Wildman–Crippen LogP) is 2.73. The van der Waals surface area contributed by atoms with Gasteiger partial charge in [0.05, 0.1) is 12.2 Å². The van der Waals surface area contributed by atoms with Crippen LogP contribution in [0.4, 0.5) is 4.79 Å². The highest BCUT2D eigenvalue weighted by Gasteiger charge is 2.22. The molecule has 0 unspecified atom stereocenters. The number of hydrogen-bond acceptors (Lipinski definition) is 6. The summed E-state index contributed by atoms with van der Waals surface area (Å²) < 4.78 is 11.2. The van der Waals surface area contributed by atoms with Crippen LogP contribution in [0.3, 0.4) is 0 Å². The van der Waals surface area contributed by atoms with Crippen molar-refractivity contribution in [2.75, 3.05) is 26.2 Å². The van der Waals surface area contributed by atoms with Gasteiger partial charge in [0, 0.05) is 51.1 Å². The standard InChI is InChI=1S/C21H29N5O3/c1-16-12-19(29-24-16)15-25-8-10-26(11-9-25)21(27)23-14-17-6-7-22-20(13-17)28-18-4-2-3-5-18/h6-7,12-13,18H,2-5,8-11,14-15H2,1H3,(H,23,27). The molecule has 0 bridgehead atoms. The minimum Gasteiger partial charge on any atom is -0.474 e. The molecule has 156 valence electrons. The first-order valence-corrected chi connectivity index (χ1v) is 10.4. The molecule has 1 aliphatic carbocycles. The number of rotatable bonds is 6. The van der Waals surface area contributed by atoms with Crippen LogP contribution >= 0.6 is 0 Å². The molecule has 29 heavy (non-hydrogen) atoms. The third kappa shape index (κ3) is 5.47. The summed E-state index contributed by atoms with van der Waals surface area (Å²) in [7, 11) is 0. The number of hydrogen-bond donors (Lipinski definition) is 1. The molecular weight excluding hydrogens is 370 g/mol. The first kappa shape index (κ1) is 19.7. The van der Waals surface area contributed by atoms with E-state index in [1.807, 2.05) is 30.0 Å². The van der Waals surface area contributed by atoms with Crippen LogP contribution in [0.2, 0.25) is 0 Å². The molecule has 3 heterocycles. The van der Waals surface area contributed by atoms with Gasteiger partial charge in [-0.25, -0.2) is 9.78 Å². The van der Waals surface area contributed by atoms with Gasteiger partial charge in [-0.2, -0.15) is 0 Å². The number of ether oxygens (including phenoxy) is 1. The monoisotopic (exact) mass is 399 g/mol. The number of amides is 2. The first-order chi connectivity index (χ1) is 14.2. The van der Waals surface area contributed by atoms with Crippen molar-refractivity contribution in [2.45, 2.75) is 51.8 Å². The Balaban J connectivity index is 1.21. The first-order valence-electron chi connectivity index (χ1n) is 10.4. The molecule has 1 aliphatic heterocycles. The highest BCUT2D eigenvalue weighted by atomic mass is 16.5. The zero-order valence-electron chi connectivity index (χ0n) is 17.0. The third-order valence-electron chi connectivity index (χ3n) is 5.55. The lowest BCUT2D eigenvalue weighted by Gasteiger charge is -2.34. The van der Waals surface area contributed by atoms with Crippen LogP contribution in [0.15, 0.2) is 28.9 Å². The number of carbonyl (C=O) groups excluding carboxylic acids is 1. The van der Waals surface area contributed by atoms with Crippen LogP contribution in [-0.2, 0) is 13.1 Å².